The number of hydrogen-bond acceptors (Lipinski definition) is 2. The Morgan fingerprint density at radius 2 is 1.86 bits per heavy atom. The van der Waals surface area contributed by atoms with Gasteiger partial charge in [-0.25, -0.2) is 0 Å². The third-order valence-electron chi connectivity index (χ3n) is 4.19. The molecule has 0 saturated carbocycles. The second-order valence-corrected chi connectivity index (χ2v) is 6.12. The van der Waals surface area contributed by atoms with Crippen molar-refractivity contribution in [3.05, 3.63) is 65.5 Å². The van der Waals surface area contributed by atoms with Crippen LogP contribution >= 0.6 is 0 Å². The van der Waals surface area contributed by atoms with E-state index in [1.165, 1.54) is 22.3 Å². The fraction of sp³-hybridized carbons (Fsp3) is 0.350. The Kier molecular flexibility index (Phi) is 5.37. The van der Waals surface area contributed by atoms with Gasteiger partial charge in [0.05, 0.1) is 5.69 Å². The van der Waals surface area contributed by atoms with Crippen LogP contribution in [0.5, 0.6) is 0 Å². The van der Waals surface area contributed by atoms with Gasteiger partial charge in [-0.3, -0.25) is 4.98 Å². The van der Waals surface area contributed by atoms with Gasteiger partial charge in [-0.05, 0) is 42.9 Å². The summed E-state index contributed by atoms with van der Waals surface area (Å²) in [6.45, 7) is 13.6. The largest absolute Gasteiger partial charge is 0.388 e. The number of allylic oxidation sites excluding steroid dienone is 1. The van der Waals surface area contributed by atoms with Crippen molar-refractivity contribution in [2.75, 3.05) is 6.54 Å². The summed E-state index contributed by atoms with van der Waals surface area (Å²) in [5, 5.41) is 3.43. The minimum atomic E-state index is 0.463. The van der Waals surface area contributed by atoms with Gasteiger partial charge in [-0.1, -0.05) is 50.8 Å². The molecule has 22 heavy (non-hydrogen) atoms. The predicted molar refractivity (Wildman–Crippen MR) is 94.8 cm³/mol. The van der Waals surface area contributed by atoms with Crippen LogP contribution in [0.2, 0.25) is 0 Å². The second kappa shape index (κ2) is 7.26. The van der Waals surface area contributed by atoms with Crippen LogP contribution < -0.4 is 5.32 Å². The molecule has 0 bridgehead atoms. The molecule has 0 radical (unpaired) electrons. The SMILES string of the molecule is C=C(NCCc1c(-c2ccccc2)ncc(C)c1C)C(C)C. The van der Waals surface area contributed by atoms with E-state index in [0.717, 1.165) is 24.4 Å². The first-order valence-corrected chi connectivity index (χ1v) is 7.94. The first-order valence-electron chi connectivity index (χ1n) is 7.94. The van der Waals surface area contributed by atoms with Crippen molar-refractivity contribution >= 4 is 0 Å². The molecule has 116 valence electrons. The first-order chi connectivity index (χ1) is 10.5. The number of benzene rings is 1. The number of aryl methyl sites for hydroxylation is 1. The zero-order valence-corrected chi connectivity index (χ0v) is 14.1. The zero-order valence-electron chi connectivity index (χ0n) is 14.1. The summed E-state index contributed by atoms with van der Waals surface area (Å²) in [5.41, 5.74) is 7.29. The number of aromatic nitrogens is 1. The van der Waals surface area contributed by atoms with Crippen molar-refractivity contribution in [1.29, 1.82) is 0 Å². The van der Waals surface area contributed by atoms with Crippen LogP contribution in [0.4, 0.5) is 0 Å². The minimum absolute atomic E-state index is 0.463. The molecule has 2 heteroatoms. The Bertz CT molecular complexity index is 642. The Labute approximate surface area is 134 Å². The summed E-state index contributed by atoms with van der Waals surface area (Å²) in [4.78, 5) is 4.69. The van der Waals surface area contributed by atoms with E-state index in [2.05, 4.69) is 63.9 Å². The number of nitrogens with zero attached hydrogens (tertiary/aromatic N) is 1. The van der Waals surface area contributed by atoms with Crippen LogP contribution in [-0.2, 0) is 6.42 Å². The summed E-state index contributed by atoms with van der Waals surface area (Å²) in [6, 6.07) is 10.4. The van der Waals surface area contributed by atoms with Gasteiger partial charge in [0.25, 0.3) is 0 Å². The smallest absolute Gasteiger partial charge is 0.0737 e. The van der Waals surface area contributed by atoms with Crippen molar-refractivity contribution in [2.45, 2.75) is 34.1 Å². The van der Waals surface area contributed by atoms with Gasteiger partial charge in [-0.2, -0.15) is 0 Å². The van der Waals surface area contributed by atoms with E-state index in [4.69, 9.17) is 4.98 Å². The van der Waals surface area contributed by atoms with Crippen molar-refractivity contribution in [3.63, 3.8) is 0 Å². The molecule has 0 saturated heterocycles. The monoisotopic (exact) mass is 294 g/mol. The molecular weight excluding hydrogens is 268 g/mol. The summed E-state index contributed by atoms with van der Waals surface area (Å²) < 4.78 is 0. The predicted octanol–water partition coefficient (Wildman–Crippen LogP) is 4.67. The number of pyridine rings is 1. The summed E-state index contributed by atoms with van der Waals surface area (Å²) in [5.74, 6) is 0.463. The Morgan fingerprint density at radius 3 is 2.50 bits per heavy atom. The Balaban J connectivity index is 2.25. The molecule has 2 rings (SSSR count). The standard InChI is InChI=1S/C20H26N2/c1-14(2)17(5)21-12-11-19-16(4)15(3)13-22-20(19)18-9-7-6-8-10-18/h6-10,13-14,21H,5,11-12H2,1-4H3. The lowest BCUT2D eigenvalue weighted by Gasteiger charge is -2.17. The molecule has 0 fully saturated rings. The van der Waals surface area contributed by atoms with Gasteiger partial charge in [0.2, 0.25) is 0 Å². The van der Waals surface area contributed by atoms with Crippen LogP contribution in [0, 0.1) is 19.8 Å². The van der Waals surface area contributed by atoms with Crippen molar-refractivity contribution in [1.82, 2.24) is 10.3 Å². The van der Waals surface area contributed by atoms with E-state index in [0.29, 0.717) is 5.92 Å². The van der Waals surface area contributed by atoms with Crippen LogP contribution in [0.25, 0.3) is 11.3 Å². The maximum absolute atomic E-state index is 4.69. The van der Waals surface area contributed by atoms with Gasteiger partial charge in [0.15, 0.2) is 0 Å². The van der Waals surface area contributed by atoms with E-state index in [1.54, 1.807) is 0 Å². The van der Waals surface area contributed by atoms with Crippen LogP contribution in [0.15, 0.2) is 48.8 Å². The highest BCUT2D eigenvalue weighted by Crippen LogP contribution is 2.26. The van der Waals surface area contributed by atoms with Crippen LogP contribution in [-0.4, -0.2) is 11.5 Å². The summed E-state index contributed by atoms with van der Waals surface area (Å²) in [6.07, 6.45) is 2.93. The normalized spacial score (nSPS) is 10.8. The molecule has 2 nitrogen and oxygen atoms in total. The highest BCUT2D eigenvalue weighted by atomic mass is 14.9. The van der Waals surface area contributed by atoms with Gasteiger partial charge in [0, 0.05) is 24.0 Å². The number of rotatable bonds is 6. The van der Waals surface area contributed by atoms with Crippen LogP contribution in [0.1, 0.15) is 30.5 Å². The van der Waals surface area contributed by atoms with Crippen LogP contribution in [0.3, 0.4) is 0 Å². The molecule has 1 heterocycles. The van der Waals surface area contributed by atoms with E-state index in [9.17, 15) is 0 Å². The highest BCUT2D eigenvalue weighted by molar-refractivity contribution is 5.65. The third-order valence-corrected chi connectivity index (χ3v) is 4.19. The fourth-order valence-electron chi connectivity index (χ4n) is 2.45. The number of nitrogens with one attached hydrogen (secondary N) is 1. The quantitative estimate of drug-likeness (QED) is 0.837. The van der Waals surface area contributed by atoms with E-state index >= 15 is 0 Å². The molecule has 0 amide bonds. The fourth-order valence-corrected chi connectivity index (χ4v) is 2.45. The lowest BCUT2D eigenvalue weighted by Crippen LogP contribution is -2.20. The molecule has 1 N–H and O–H groups in total. The molecule has 0 atom stereocenters. The van der Waals surface area contributed by atoms with Gasteiger partial charge in [0.1, 0.15) is 0 Å². The maximum atomic E-state index is 4.69. The molecule has 0 spiro atoms. The Hall–Kier alpha value is -2.09. The zero-order chi connectivity index (χ0) is 16.1. The molecule has 2 aromatic rings. The molecular formula is C20H26N2. The van der Waals surface area contributed by atoms with E-state index in [1.807, 2.05) is 12.3 Å². The van der Waals surface area contributed by atoms with Crippen molar-refractivity contribution in [3.8, 4) is 11.3 Å². The van der Waals surface area contributed by atoms with E-state index < -0.39 is 0 Å². The molecule has 0 aliphatic heterocycles. The average Bonchev–Trinajstić information content (AvgIpc) is 2.52. The molecule has 0 unspecified atom stereocenters. The topological polar surface area (TPSA) is 24.9 Å². The van der Waals surface area contributed by atoms with Gasteiger partial charge in [-0.15, -0.1) is 0 Å². The van der Waals surface area contributed by atoms with E-state index in [-0.39, 0.29) is 0 Å². The van der Waals surface area contributed by atoms with Crippen molar-refractivity contribution < 1.29 is 0 Å². The first kappa shape index (κ1) is 16.3. The lowest BCUT2D eigenvalue weighted by atomic mass is 9.96. The minimum Gasteiger partial charge on any atom is -0.388 e. The maximum Gasteiger partial charge on any atom is 0.0737 e. The van der Waals surface area contributed by atoms with Crippen molar-refractivity contribution in [2.24, 2.45) is 5.92 Å². The third kappa shape index (κ3) is 3.76. The average molecular weight is 294 g/mol. The Morgan fingerprint density at radius 1 is 1.18 bits per heavy atom. The highest BCUT2D eigenvalue weighted by Gasteiger charge is 2.11. The second-order valence-electron chi connectivity index (χ2n) is 6.12. The molecule has 0 aliphatic rings. The molecule has 0 aliphatic carbocycles. The molecule has 1 aromatic carbocycles. The number of hydrogen-bond donors (Lipinski definition) is 1. The van der Waals surface area contributed by atoms with Gasteiger partial charge < -0.3 is 5.32 Å². The lowest BCUT2D eigenvalue weighted by molar-refractivity contribution is 0.653. The summed E-state index contributed by atoms with van der Waals surface area (Å²) in [7, 11) is 0. The molecule has 1 aromatic heterocycles. The summed E-state index contributed by atoms with van der Waals surface area (Å²) >= 11 is 0. The van der Waals surface area contributed by atoms with Gasteiger partial charge >= 0.3 is 0 Å².